The predicted octanol–water partition coefficient (Wildman–Crippen LogP) is -0.309. The van der Waals surface area contributed by atoms with Crippen LogP contribution in [-0.2, 0) is 11.3 Å². The molecule has 1 aliphatic heterocycles. The number of carbonyl (C=O) groups excluding carboxylic acids is 2. The number of non-ortho nitro benzene ring substituents is 1. The van der Waals surface area contributed by atoms with Crippen LogP contribution in [0.2, 0.25) is 0 Å². The van der Waals surface area contributed by atoms with E-state index < -0.39 is 10.9 Å². The van der Waals surface area contributed by atoms with Crippen LogP contribution in [0.15, 0.2) is 18.2 Å². The third-order valence-electron chi connectivity index (χ3n) is 2.77. The molecule has 0 aromatic heterocycles. The fraction of sp³-hybridized carbons (Fsp3) is 0.273. The normalized spacial score (nSPS) is 13.6. The van der Waals surface area contributed by atoms with E-state index in [2.05, 4.69) is 0 Å². The zero-order valence-corrected chi connectivity index (χ0v) is 9.29. The van der Waals surface area contributed by atoms with Crippen molar-refractivity contribution < 1.29 is 19.6 Å². The van der Waals surface area contributed by atoms with Crippen LogP contribution in [0.4, 0.5) is 5.69 Å². The summed E-state index contributed by atoms with van der Waals surface area (Å²) in [6, 6.07) is 4.06. The van der Waals surface area contributed by atoms with Gasteiger partial charge in [0.2, 0.25) is 0 Å². The van der Waals surface area contributed by atoms with Gasteiger partial charge in [-0.1, -0.05) is 0 Å². The second-order valence-electron chi connectivity index (χ2n) is 3.95. The number of amides is 1. The van der Waals surface area contributed by atoms with E-state index >= 15 is 0 Å². The lowest BCUT2D eigenvalue weighted by molar-refractivity contribution is -0.384. The number of nitrogens with zero attached hydrogens (tertiary/aromatic N) is 2. The van der Waals surface area contributed by atoms with Crippen LogP contribution in [0.3, 0.4) is 0 Å². The largest absolute Gasteiger partial charge is 0.550 e. The van der Waals surface area contributed by atoms with Crippen molar-refractivity contribution in [2.45, 2.75) is 13.0 Å². The highest BCUT2D eigenvalue weighted by molar-refractivity contribution is 5.99. The first kappa shape index (κ1) is 12.0. The second-order valence-corrected chi connectivity index (χ2v) is 3.95. The van der Waals surface area contributed by atoms with Crippen molar-refractivity contribution in [3.05, 3.63) is 39.4 Å². The minimum atomic E-state index is -1.23. The molecule has 7 nitrogen and oxygen atoms in total. The fourth-order valence-corrected chi connectivity index (χ4v) is 1.87. The Morgan fingerprint density at radius 3 is 2.78 bits per heavy atom. The molecule has 0 atom stereocenters. The molecule has 0 saturated carbocycles. The number of carboxylic acid groups (broad SMARTS) is 1. The third kappa shape index (κ3) is 2.15. The number of carboxylic acids is 1. The van der Waals surface area contributed by atoms with Gasteiger partial charge in [-0.2, -0.15) is 0 Å². The predicted molar refractivity (Wildman–Crippen MR) is 57.5 cm³/mol. The summed E-state index contributed by atoms with van der Waals surface area (Å²) in [5.41, 5.74) is 0.787. The van der Waals surface area contributed by atoms with Gasteiger partial charge in [-0.15, -0.1) is 0 Å². The molecule has 2 rings (SSSR count). The van der Waals surface area contributed by atoms with Crippen molar-refractivity contribution >= 4 is 17.6 Å². The van der Waals surface area contributed by atoms with Gasteiger partial charge in [0.1, 0.15) is 0 Å². The Kier molecular flexibility index (Phi) is 2.97. The van der Waals surface area contributed by atoms with Crippen LogP contribution in [0.25, 0.3) is 0 Å². The SMILES string of the molecule is O=C([O-])CCN1Cc2ccc([N+](=O)[O-])cc2C1=O. The molecule has 1 aliphatic rings. The number of carbonyl (C=O) groups is 2. The number of benzene rings is 1. The lowest BCUT2D eigenvalue weighted by Crippen LogP contribution is -2.31. The van der Waals surface area contributed by atoms with E-state index in [1.807, 2.05) is 0 Å². The van der Waals surface area contributed by atoms with Gasteiger partial charge in [-0.25, -0.2) is 0 Å². The summed E-state index contributed by atoms with van der Waals surface area (Å²) in [4.78, 5) is 33.6. The molecule has 0 radical (unpaired) electrons. The maximum atomic E-state index is 11.9. The molecule has 0 unspecified atom stereocenters. The first-order chi connectivity index (χ1) is 8.49. The summed E-state index contributed by atoms with van der Waals surface area (Å²) in [7, 11) is 0. The quantitative estimate of drug-likeness (QED) is 0.537. The summed E-state index contributed by atoms with van der Waals surface area (Å²) < 4.78 is 0. The van der Waals surface area contributed by atoms with Crippen molar-refractivity contribution in [3.63, 3.8) is 0 Å². The molecule has 1 heterocycles. The molecule has 0 saturated heterocycles. The average Bonchev–Trinajstić information content (AvgIpc) is 2.63. The molecule has 94 valence electrons. The number of nitro groups is 1. The molecule has 1 aromatic carbocycles. The number of rotatable bonds is 4. The fourth-order valence-electron chi connectivity index (χ4n) is 1.87. The van der Waals surface area contributed by atoms with Crippen LogP contribution in [0.5, 0.6) is 0 Å². The number of fused-ring (bicyclic) bond motifs is 1. The number of hydrogen-bond acceptors (Lipinski definition) is 5. The van der Waals surface area contributed by atoms with Gasteiger partial charge >= 0.3 is 0 Å². The maximum Gasteiger partial charge on any atom is 0.270 e. The van der Waals surface area contributed by atoms with Gasteiger partial charge < -0.3 is 14.8 Å². The highest BCUT2D eigenvalue weighted by Gasteiger charge is 2.28. The van der Waals surface area contributed by atoms with Gasteiger partial charge in [0.05, 0.1) is 10.5 Å². The Balaban J connectivity index is 2.20. The Bertz CT molecular complexity index is 540. The van der Waals surface area contributed by atoms with Gasteiger partial charge in [-0.3, -0.25) is 14.9 Å². The minimum Gasteiger partial charge on any atom is -0.550 e. The Morgan fingerprint density at radius 1 is 1.44 bits per heavy atom. The Labute approximate surface area is 102 Å². The van der Waals surface area contributed by atoms with Crippen LogP contribution < -0.4 is 5.11 Å². The lowest BCUT2D eigenvalue weighted by Gasteiger charge is -2.15. The number of aliphatic carboxylic acids is 1. The van der Waals surface area contributed by atoms with Gasteiger partial charge in [0.25, 0.3) is 11.6 Å². The van der Waals surface area contributed by atoms with Crippen LogP contribution in [-0.4, -0.2) is 28.2 Å². The van der Waals surface area contributed by atoms with E-state index in [9.17, 15) is 24.8 Å². The molecule has 0 bridgehead atoms. The molecule has 0 N–H and O–H groups in total. The molecule has 18 heavy (non-hydrogen) atoms. The monoisotopic (exact) mass is 249 g/mol. The Hall–Kier alpha value is -2.44. The summed E-state index contributed by atoms with van der Waals surface area (Å²) in [5, 5.41) is 20.9. The van der Waals surface area contributed by atoms with Crippen LogP contribution in [0.1, 0.15) is 22.3 Å². The first-order valence-electron chi connectivity index (χ1n) is 5.25. The summed E-state index contributed by atoms with van der Waals surface area (Å²) in [5.74, 6) is -1.61. The van der Waals surface area contributed by atoms with E-state index in [4.69, 9.17) is 0 Å². The molecule has 0 aliphatic carbocycles. The minimum absolute atomic E-state index is 0.0453. The second kappa shape index (κ2) is 4.44. The average molecular weight is 249 g/mol. The van der Waals surface area contributed by atoms with E-state index in [1.165, 1.54) is 23.1 Å². The van der Waals surface area contributed by atoms with Crippen molar-refractivity contribution in [2.75, 3.05) is 6.54 Å². The summed E-state index contributed by atoms with van der Waals surface area (Å²) >= 11 is 0. The van der Waals surface area contributed by atoms with E-state index in [0.29, 0.717) is 5.56 Å². The van der Waals surface area contributed by atoms with E-state index in [1.54, 1.807) is 0 Å². The summed E-state index contributed by atoms with van der Waals surface area (Å²) in [6.45, 7) is 0.323. The highest BCUT2D eigenvalue weighted by atomic mass is 16.6. The molecule has 0 spiro atoms. The molecule has 0 fully saturated rings. The zero-order chi connectivity index (χ0) is 13.3. The number of nitro benzene ring substituents is 1. The van der Waals surface area contributed by atoms with Gasteiger partial charge in [0, 0.05) is 37.6 Å². The van der Waals surface area contributed by atoms with Crippen LogP contribution >= 0.6 is 0 Å². The van der Waals surface area contributed by atoms with Crippen molar-refractivity contribution in [1.82, 2.24) is 4.90 Å². The maximum absolute atomic E-state index is 11.9. The summed E-state index contributed by atoms with van der Waals surface area (Å²) in [6.07, 6.45) is -0.248. The Morgan fingerprint density at radius 2 is 2.17 bits per heavy atom. The zero-order valence-electron chi connectivity index (χ0n) is 9.29. The van der Waals surface area contributed by atoms with Gasteiger partial charge in [-0.05, 0) is 11.6 Å². The van der Waals surface area contributed by atoms with Crippen molar-refractivity contribution in [3.8, 4) is 0 Å². The number of hydrogen-bond donors (Lipinski definition) is 0. The molecule has 1 aromatic rings. The smallest absolute Gasteiger partial charge is 0.270 e. The first-order valence-corrected chi connectivity index (χ1v) is 5.25. The third-order valence-corrected chi connectivity index (χ3v) is 2.77. The molecule has 1 amide bonds. The molecular formula is C11H9N2O5-. The molecular weight excluding hydrogens is 240 g/mol. The van der Waals surface area contributed by atoms with Crippen LogP contribution in [0, 0.1) is 10.1 Å². The van der Waals surface area contributed by atoms with Gasteiger partial charge in [0.15, 0.2) is 0 Å². The highest BCUT2D eigenvalue weighted by Crippen LogP contribution is 2.26. The standard InChI is InChI=1S/C11H10N2O5/c14-10(15)3-4-12-6-7-1-2-8(13(17)18)5-9(7)11(12)16/h1-2,5H,3-4,6H2,(H,14,15)/p-1. The van der Waals surface area contributed by atoms with Crippen molar-refractivity contribution in [1.29, 1.82) is 0 Å². The molecule has 7 heteroatoms. The lowest BCUT2D eigenvalue weighted by atomic mass is 10.1. The van der Waals surface area contributed by atoms with Crippen molar-refractivity contribution in [2.24, 2.45) is 0 Å². The van der Waals surface area contributed by atoms with E-state index in [-0.39, 0.29) is 36.7 Å². The van der Waals surface area contributed by atoms with E-state index in [0.717, 1.165) is 0 Å². The topological polar surface area (TPSA) is 104 Å².